The maximum Gasteiger partial charge on any atom is 0.196 e. The molecule has 2 aromatic rings. The maximum absolute atomic E-state index is 12.4. The fourth-order valence-electron chi connectivity index (χ4n) is 1.86. The van der Waals surface area contributed by atoms with E-state index in [9.17, 15) is 4.79 Å². The Morgan fingerprint density at radius 3 is 2.68 bits per heavy atom. The van der Waals surface area contributed by atoms with Crippen LogP contribution in [0.4, 0.5) is 0 Å². The number of ether oxygens (including phenoxy) is 1. The summed E-state index contributed by atoms with van der Waals surface area (Å²) in [5.41, 5.74) is 2.11. The molecule has 0 aliphatic rings. The Morgan fingerprint density at radius 1 is 1.37 bits per heavy atom. The van der Waals surface area contributed by atoms with Gasteiger partial charge in [-0.05, 0) is 32.9 Å². The van der Waals surface area contributed by atoms with E-state index in [0.29, 0.717) is 16.9 Å². The van der Waals surface area contributed by atoms with Crippen LogP contribution in [0, 0.1) is 6.92 Å². The second-order valence-corrected chi connectivity index (χ2v) is 4.79. The van der Waals surface area contributed by atoms with Crippen molar-refractivity contribution in [3.8, 4) is 5.75 Å². The van der Waals surface area contributed by atoms with Crippen LogP contribution in [0.2, 0.25) is 0 Å². The van der Waals surface area contributed by atoms with Gasteiger partial charge in [0.1, 0.15) is 5.75 Å². The molecule has 4 nitrogen and oxygen atoms in total. The molecular formula is C15H18N2O2. The first-order valence-corrected chi connectivity index (χ1v) is 6.29. The zero-order chi connectivity index (χ0) is 14.0. The maximum atomic E-state index is 12.4. The minimum atomic E-state index is -0.0280. The Balaban J connectivity index is 2.31. The molecule has 0 spiro atoms. The Hall–Kier alpha value is -2.10. The molecule has 0 bridgehead atoms. The molecule has 0 atom stereocenters. The fraction of sp³-hybridized carbons (Fsp3) is 0.333. The highest BCUT2D eigenvalue weighted by Gasteiger charge is 2.15. The van der Waals surface area contributed by atoms with Gasteiger partial charge >= 0.3 is 0 Å². The van der Waals surface area contributed by atoms with Gasteiger partial charge in [-0.25, -0.2) is 0 Å². The SMILES string of the molecule is Cc1c(C(=O)c2cccc(OC(C)C)c2)cnn1C. The van der Waals surface area contributed by atoms with E-state index in [1.165, 1.54) is 0 Å². The van der Waals surface area contributed by atoms with Crippen molar-refractivity contribution in [1.29, 1.82) is 0 Å². The summed E-state index contributed by atoms with van der Waals surface area (Å²) in [5.74, 6) is 0.683. The van der Waals surface area contributed by atoms with Crippen LogP contribution in [0.3, 0.4) is 0 Å². The largest absolute Gasteiger partial charge is 0.491 e. The lowest BCUT2D eigenvalue weighted by Gasteiger charge is -2.10. The van der Waals surface area contributed by atoms with Crippen molar-refractivity contribution >= 4 is 5.78 Å². The van der Waals surface area contributed by atoms with E-state index in [-0.39, 0.29) is 11.9 Å². The molecule has 0 fully saturated rings. The summed E-state index contributed by atoms with van der Waals surface area (Å²) in [5, 5.41) is 4.10. The van der Waals surface area contributed by atoms with Crippen LogP contribution < -0.4 is 4.74 Å². The zero-order valence-corrected chi connectivity index (χ0v) is 11.7. The van der Waals surface area contributed by atoms with Gasteiger partial charge in [-0.3, -0.25) is 9.48 Å². The lowest BCUT2D eigenvalue weighted by molar-refractivity contribution is 0.103. The van der Waals surface area contributed by atoms with Crippen molar-refractivity contribution in [2.45, 2.75) is 26.9 Å². The van der Waals surface area contributed by atoms with Crippen molar-refractivity contribution in [1.82, 2.24) is 9.78 Å². The molecule has 4 heteroatoms. The molecule has 0 radical (unpaired) electrons. The number of carbonyl (C=O) groups excluding carboxylic acids is 1. The number of ketones is 1. The molecule has 0 amide bonds. The second-order valence-electron chi connectivity index (χ2n) is 4.79. The number of carbonyl (C=O) groups is 1. The molecule has 0 saturated heterocycles. The number of nitrogens with zero attached hydrogens (tertiary/aromatic N) is 2. The van der Waals surface area contributed by atoms with E-state index >= 15 is 0 Å². The highest BCUT2D eigenvalue weighted by molar-refractivity contribution is 6.09. The highest BCUT2D eigenvalue weighted by Crippen LogP contribution is 2.19. The van der Waals surface area contributed by atoms with Gasteiger partial charge in [-0.15, -0.1) is 0 Å². The Bertz CT molecular complexity index is 600. The van der Waals surface area contributed by atoms with Crippen molar-refractivity contribution in [3.05, 3.63) is 47.3 Å². The van der Waals surface area contributed by atoms with E-state index in [1.807, 2.05) is 40.0 Å². The van der Waals surface area contributed by atoms with Crippen LogP contribution in [-0.2, 0) is 7.05 Å². The van der Waals surface area contributed by atoms with Gasteiger partial charge in [0.2, 0.25) is 0 Å². The third-order valence-corrected chi connectivity index (χ3v) is 2.95. The van der Waals surface area contributed by atoms with Gasteiger partial charge in [0.25, 0.3) is 0 Å². The number of hydrogen-bond acceptors (Lipinski definition) is 3. The molecule has 2 rings (SSSR count). The van der Waals surface area contributed by atoms with Crippen molar-refractivity contribution in [2.24, 2.45) is 7.05 Å². The molecule has 1 aromatic heterocycles. The minimum absolute atomic E-state index is 0.0280. The zero-order valence-electron chi connectivity index (χ0n) is 11.7. The fourth-order valence-corrected chi connectivity index (χ4v) is 1.86. The standard InChI is InChI=1S/C15H18N2O2/c1-10(2)19-13-7-5-6-12(8-13)15(18)14-9-16-17(4)11(14)3/h5-10H,1-4H3. The van der Waals surface area contributed by atoms with Gasteiger partial charge < -0.3 is 4.74 Å². The van der Waals surface area contributed by atoms with Crippen LogP contribution >= 0.6 is 0 Å². The van der Waals surface area contributed by atoms with E-state index in [1.54, 1.807) is 23.0 Å². The molecule has 0 N–H and O–H groups in total. The first-order chi connectivity index (χ1) is 8.99. The summed E-state index contributed by atoms with van der Waals surface area (Å²) in [6.45, 7) is 5.80. The quantitative estimate of drug-likeness (QED) is 0.792. The predicted octanol–water partition coefficient (Wildman–Crippen LogP) is 2.75. The third-order valence-electron chi connectivity index (χ3n) is 2.95. The van der Waals surface area contributed by atoms with E-state index in [4.69, 9.17) is 4.74 Å². The average Bonchev–Trinajstić information content (AvgIpc) is 2.69. The number of aryl methyl sites for hydroxylation is 1. The van der Waals surface area contributed by atoms with E-state index in [0.717, 1.165) is 5.69 Å². The molecule has 0 unspecified atom stereocenters. The number of aromatic nitrogens is 2. The lowest BCUT2D eigenvalue weighted by Crippen LogP contribution is -2.07. The molecule has 1 aromatic carbocycles. The van der Waals surface area contributed by atoms with Crippen molar-refractivity contribution in [2.75, 3.05) is 0 Å². The summed E-state index contributed by atoms with van der Waals surface area (Å²) in [6.07, 6.45) is 1.69. The summed E-state index contributed by atoms with van der Waals surface area (Å²) in [4.78, 5) is 12.4. The normalized spacial score (nSPS) is 10.8. The van der Waals surface area contributed by atoms with Crippen molar-refractivity contribution < 1.29 is 9.53 Å². The number of hydrogen-bond donors (Lipinski definition) is 0. The molecular weight excluding hydrogens is 240 g/mol. The van der Waals surface area contributed by atoms with E-state index < -0.39 is 0 Å². The summed E-state index contributed by atoms with van der Waals surface area (Å²) in [7, 11) is 1.82. The Kier molecular flexibility index (Phi) is 3.69. The summed E-state index contributed by atoms with van der Waals surface area (Å²) < 4.78 is 7.30. The van der Waals surface area contributed by atoms with Gasteiger partial charge in [0.15, 0.2) is 5.78 Å². The van der Waals surface area contributed by atoms with Gasteiger partial charge in [0.05, 0.1) is 17.9 Å². The average molecular weight is 258 g/mol. The third kappa shape index (κ3) is 2.84. The molecule has 1 heterocycles. The monoisotopic (exact) mass is 258 g/mol. The van der Waals surface area contributed by atoms with Crippen LogP contribution in [0.15, 0.2) is 30.5 Å². The molecule has 19 heavy (non-hydrogen) atoms. The summed E-state index contributed by atoms with van der Waals surface area (Å²) >= 11 is 0. The van der Waals surface area contributed by atoms with Crippen LogP contribution in [-0.4, -0.2) is 21.7 Å². The number of benzene rings is 1. The highest BCUT2D eigenvalue weighted by atomic mass is 16.5. The number of rotatable bonds is 4. The van der Waals surface area contributed by atoms with Crippen LogP contribution in [0.5, 0.6) is 5.75 Å². The minimum Gasteiger partial charge on any atom is -0.491 e. The van der Waals surface area contributed by atoms with E-state index in [2.05, 4.69) is 5.10 Å². The molecule has 0 aliphatic heterocycles. The molecule has 0 aliphatic carbocycles. The first kappa shape index (κ1) is 13.3. The summed E-state index contributed by atoms with van der Waals surface area (Å²) in [6, 6.07) is 7.25. The van der Waals surface area contributed by atoms with Crippen LogP contribution in [0.1, 0.15) is 35.5 Å². The van der Waals surface area contributed by atoms with Crippen molar-refractivity contribution in [3.63, 3.8) is 0 Å². The molecule has 100 valence electrons. The topological polar surface area (TPSA) is 44.1 Å². The Labute approximate surface area is 113 Å². The van der Waals surface area contributed by atoms with Gasteiger partial charge in [-0.2, -0.15) is 5.10 Å². The van der Waals surface area contributed by atoms with Gasteiger partial charge in [0, 0.05) is 18.3 Å². The lowest BCUT2D eigenvalue weighted by atomic mass is 10.0. The predicted molar refractivity (Wildman–Crippen MR) is 73.6 cm³/mol. The second kappa shape index (κ2) is 5.26. The first-order valence-electron chi connectivity index (χ1n) is 6.29. The van der Waals surface area contributed by atoms with Crippen LogP contribution in [0.25, 0.3) is 0 Å². The Morgan fingerprint density at radius 2 is 2.11 bits per heavy atom. The smallest absolute Gasteiger partial charge is 0.196 e. The molecule has 0 saturated carbocycles. The van der Waals surface area contributed by atoms with Gasteiger partial charge in [-0.1, -0.05) is 12.1 Å².